The second-order valence-corrected chi connectivity index (χ2v) is 10.9. The molecule has 1 aliphatic heterocycles. The number of hydrogen-bond donors (Lipinski definition) is 2. The van der Waals surface area contributed by atoms with Crippen molar-refractivity contribution in [3.8, 4) is 0 Å². The van der Waals surface area contributed by atoms with Crippen LogP contribution in [0.1, 0.15) is 58.8 Å². The van der Waals surface area contributed by atoms with E-state index in [4.69, 9.17) is 9.68 Å². The molecule has 6 nitrogen and oxygen atoms in total. The van der Waals surface area contributed by atoms with Gasteiger partial charge in [0, 0.05) is 25.4 Å². The molecule has 168 valence electrons. The summed E-state index contributed by atoms with van der Waals surface area (Å²) in [5, 5.41) is 22.6. The van der Waals surface area contributed by atoms with E-state index in [-0.39, 0.29) is 29.0 Å². The molecule has 1 saturated heterocycles. The SMILES string of the molecule is CO/N=C1\C[C@H]2[C@@H]3CC[C@H](O)[C@@]3(C)CC[C@@H]2[C@@]2(C)C[C@@H](F)/C(=N/OC3CNC3)CC12. The summed E-state index contributed by atoms with van der Waals surface area (Å²) >= 11 is 0. The largest absolute Gasteiger partial charge is 0.399 e. The summed E-state index contributed by atoms with van der Waals surface area (Å²) in [6.45, 7) is 6.10. The monoisotopic (exact) mass is 421 g/mol. The lowest BCUT2D eigenvalue weighted by Crippen LogP contribution is -2.58. The van der Waals surface area contributed by atoms with Crippen LogP contribution in [0.15, 0.2) is 10.3 Å². The number of halogens is 1. The first kappa shape index (κ1) is 20.7. The number of hydrogen-bond acceptors (Lipinski definition) is 6. The minimum absolute atomic E-state index is 0.0103. The molecule has 0 aromatic rings. The molecule has 0 bridgehead atoms. The summed E-state index contributed by atoms with van der Waals surface area (Å²) in [6.07, 6.45) is 4.76. The predicted octanol–water partition coefficient (Wildman–Crippen LogP) is 3.29. The van der Waals surface area contributed by atoms with Crippen LogP contribution < -0.4 is 5.32 Å². The third-order valence-corrected chi connectivity index (χ3v) is 9.54. The smallest absolute Gasteiger partial charge is 0.152 e. The molecule has 2 N–H and O–H groups in total. The van der Waals surface area contributed by atoms with Crippen LogP contribution >= 0.6 is 0 Å². The van der Waals surface area contributed by atoms with Gasteiger partial charge in [-0.2, -0.15) is 0 Å². The zero-order chi connectivity index (χ0) is 21.1. The van der Waals surface area contributed by atoms with Crippen molar-refractivity contribution in [1.29, 1.82) is 0 Å². The number of aliphatic hydroxyl groups is 1. The van der Waals surface area contributed by atoms with Gasteiger partial charge in [-0.1, -0.05) is 24.2 Å². The topological polar surface area (TPSA) is 75.4 Å². The van der Waals surface area contributed by atoms with E-state index in [0.29, 0.717) is 36.3 Å². The Bertz CT molecular complexity index is 741. The van der Waals surface area contributed by atoms with Gasteiger partial charge in [0.1, 0.15) is 13.3 Å². The zero-order valence-corrected chi connectivity index (χ0v) is 18.4. The van der Waals surface area contributed by atoms with Crippen LogP contribution in [0.25, 0.3) is 0 Å². The fraction of sp³-hybridized carbons (Fsp3) is 0.913. The van der Waals surface area contributed by atoms with Crippen molar-refractivity contribution < 1.29 is 19.2 Å². The van der Waals surface area contributed by atoms with E-state index in [1.807, 2.05) is 0 Å². The van der Waals surface area contributed by atoms with E-state index in [9.17, 15) is 5.11 Å². The molecule has 30 heavy (non-hydrogen) atoms. The fourth-order valence-corrected chi connectivity index (χ4v) is 7.66. The Morgan fingerprint density at radius 1 is 1.03 bits per heavy atom. The molecule has 0 aromatic heterocycles. The van der Waals surface area contributed by atoms with Crippen molar-refractivity contribution >= 4 is 11.4 Å². The standard InChI is InChI=1S/C23H36FN3O3/c1-22-7-6-16-14(15(22)4-5-21(22)28)8-19(26-29-3)17-9-20(18(24)10-23(16,17)2)27-30-13-11-25-12-13/h13-18,21,25,28H,4-12H2,1-3H3/b26-19+,27-20+/t14-,15-,16-,17?,18+,21-,22-,23+/m0/s1. The number of rotatable bonds is 3. The fourth-order valence-electron chi connectivity index (χ4n) is 7.66. The van der Waals surface area contributed by atoms with Crippen molar-refractivity contribution in [2.45, 2.75) is 77.2 Å². The molecule has 0 radical (unpaired) electrons. The van der Waals surface area contributed by atoms with Gasteiger partial charge in [0.05, 0.1) is 17.5 Å². The van der Waals surface area contributed by atoms with Gasteiger partial charge in [0.2, 0.25) is 0 Å². The molecule has 4 saturated carbocycles. The Morgan fingerprint density at radius 3 is 2.50 bits per heavy atom. The van der Waals surface area contributed by atoms with E-state index in [2.05, 4.69) is 29.5 Å². The van der Waals surface area contributed by atoms with Gasteiger partial charge in [-0.25, -0.2) is 4.39 Å². The molecule has 8 atom stereocenters. The van der Waals surface area contributed by atoms with Crippen LogP contribution in [-0.4, -0.2) is 55.1 Å². The van der Waals surface area contributed by atoms with Gasteiger partial charge < -0.3 is 20.1 Å². The molecular formula is C23H36FN3O3. The highest BCUT2D eigenvalue weighted by Gasteiger charge is 2.62. The minimum Gasteiger partial charge on any atom is -0.399 e. The summed E-state index contributed by atoms with van der Waals surface area (Å²) in [4.78, 5) is 10.8. The summed E-state index contributed by atoms with van der Waals surface area (Å²) in [5.41, 5.74) is 1.41. The Kier molecular flexibility index (Phi) is 5.13. The molecule has 1 heterocycles. The maximum absolute atomic E-state index is 15.4. The number of nitrogens with zero attached hydrogens (tertiary/aromatic N) is 2. The maximum Gasteiger partial charge on any atom is 0.152 e. The van der Waals surface area contributed by atoms with Crippen LogP contribution in [0, 0.1) is 34.5 Å². The van der Waals surface area contributed by atoms with Crippen molar-refractivity contribution in [1.82, 2.24) is 5.32 Å². The Labute approximate surface area is 178 Å². The van der Waals surface area contributed by atoms with E-state index in [1.54, 1.807) is 7.11 Å². The summed E-state index contributed by atoms with van der Waals surface area (Å²) in [6, 6.07) is 0. The minimum atomic E-state index is -1.07. The maximum atomic E-state index is 15.4. The van der Waals surface area contributed by atoms with Crippen LogP contribution in [0.2, 0.25) is 0 Å². The van der Waals surface area contributed by atoms with Gasteiger partial charge >= 0.3 is 0 Å². The summed E-state index contributed by atoms with van der Waals surface area (Å²) in [7, 11) is 1.60. The molecule has 4 aliphatic carbocycles. The van der Waals surface area contributed by atoms with Crippen LogP contribution in [0.4, 0.5) is 4.39 Å². The number of aliphatic hydroxyl groups excluding tert-OH is 1. The predicted molar refractivity (Wildman–Crippen MR) is 113 cm³/mol. The average Bonchev–Trinajstić information content (AvgIpc) is 2.97. The Balaban J connectivity index is 1.44. The molecule has 0 amide bonds. The number of oxime groups is 2. The van der Waals surface area contributed by atoms with Gasteiger partial charge in [-0.15, -0.1) is 0 Å². The lowest BCUT2D eigenvalue weighted by Gasteiger charge is -2.60. The molecule has 0 aromatic carbocycles. The third kappa shape index (κ3) is 3.02. The first-order valence-electron chi connectivity index (χ1n) is 11.7. The van der Waals surface area contributed by atoms with Gasteiger partial charge in [-0.05, 0) is 67.1 Å². The Morgan fingerprint density at radius 2 is 1.80 bits per heavy atom. The second kappa shape index (κ2) is 7.44. The number of nitrogens with one attached hydrogen (secondary N) is 1. The first-order valence-corrected chi connectivity index (χ1v) is 11.7. The molecule has 5 rings (SSSR count). The van der Waals surface area contributed by atoms with Crippen molar-refractivity contribution in [2.24, 2.45) is 44.8 Å². The zero-order valence-electron chi connectivity index (χ0n) is 18.4. The van der Waals surface area contributed by atoms with Crippen LogP contribution in [0.5, 0.6) is 0 Å². The normalized spacial score (nSPS) is 51.1. The quantitative estimate of drug-likeness (QED) is 0.686. The van der Waals surface area contributed by atoms with Crippen LogP contribution in [0.3, 0.4) is 0 Å². The van der Waals surface area contributed by atoms with Crippen molar-refractivity contribution in [3.05, 3.63) is 0 Å². The average molecular weight is 422 g/mol. The van der Waals surface area contributed by atoms with Crippen molar-refractivity contribution in [3.63, 3.8) is 0 Å². The highest BCUT2D eigenvalue weighted by Crippen LogP contribution is 2.65. The molecule has 5 fully saturated rings. The number of fused-ring (bicyclic) bond motifs is 5. The van der Waals surface area contributed by atoms with E-state index < -0.39 is 6.17 Å². The van der Waals surface area contributed by atoms with Gasteiger partial charge in [0.15, 0.2) is 6.10 Å². The van der Waals surface area contributed by atoms with Gasteiger partial charge in [-0.3, -0.25) is 0 Å². The molecular weight excluding hydrogens is 385 g/mol. The third-order valence-electron chi connectivity index (χ3n) is 9.54. The highest BCUT2D eigenvalue weighted by atomic mass is 19.1. The lowest BCUT2D eigenvalue weighted by molar-refractivity contribution is -0.0901. The van der Waals surface area contributed by atoms with Gasteiger partial charge in [0.25, 0.3) is 0 Å². The van der Waals surface area contributed by atoms with E-state index in [1.165, 1.54) is 0 Å². The van der Waals surface area contributed by atoms with Crippen LogP contribution in [-0.2, 0) is 9.68 Å². The Hall–Kier alpha value is -1.21. The summed E-state index contributed by atoms with van der Waals surface area (Å²) in [5.74, 6) is 1.52. The number of alkyl halides is 1. The van der Waals surface area contributed by atoms with E-state index >= 15 is 4.39 Å². The van der Waals surface area contributed by atoms with E-state index in [0.717, 1.165) is 50.9 Å². The first-order chi connectivity index (χ1) is 14.4. The molecule has 7 heteroatoms. The lowest BCUT2D eigenvalue weighted by atomic mass is 9.44. The van der Waals surface area contributed by atoms with Crippen molar-refractivity contribution in [2.75, 3.05) is 20.2 Å². The summed E-state index contributed by atoms with van der Waals surface area (Å²) < 4.78 is 15.4. The molecule has 0 spiro atoms. The highest BCUT2D eigenvalue weighted by molar-refractivity contribution is 5.97. The second-order valence-electron chi connectivity index (χ2n) is 10.9. The molecule has 5 aliphatic rings. The molecule has 1 unspecified atom stereocenters.